The first kappa shape index (κ1) is 21.4. The van der Waals surface area contributed by atoms with Gasteiger partial charge in [-0.15, -0.1) is 0 Å². The zero-order chi connectivity index (χ0) is 20.6. The largest absolute Gasteiger partial charge is 0.444 e. The first-order valence-electron chi connectivity index (χ1n) is 9.53. The lowest BCUT2D eigenvalue weighted by Crippen LogP contribution is -2.36. The Morgan fingerprint density at radius 1 is 1.14 bits per heavy atom. The fraction of sp³-hybridized carbons (Fsp3) is 0.409. The van der Waals surface area contributed by atoms with Gasteiger partial charge in [-0.2, -0.15) is 0 Å². The number of ether oxygens (including phenoxy) is 1. The van der Waals surface area contributed by atoms with E-state index in [-0.39, 0.29) is 12.0 Å². The molecule has 0 radical (unpaired) electrons. The second-order valence-electron chi connectivity index (χ2n) is 7.56. The number of nitrogens with zero attached hydrogens (tertiary/aromatic N) is 2. The highest BCUT2D eigenvalue weighted by Gasteiger charge is 2.22. The summed E-state index contributed by atoms with van der Waals surface area (Å²) in [6.07, 6.45) is 4.10. The van der Waals surface area contributed by atoms with Crippen molar-refractivity contribution in [2.45, 2.75) is 52.7 Å². The van der Waals surface area contributed by atoms with E-state index in [1.165, 1.54) is 0 Å². The average Bonchev–Trinajstić information content (AvgIpc) is 2.65. The minimum absolute atomic E-state index is 0.0726. The molecule has 0 saturated heterocycles. The molecule has 0 saturated carbocycles. The van der Waals surface area contributed by atoms with Crippen LogP contribution in [0.1, 0.15) is 45.2 Å². The molecule has 28 heavy (non-hydrogen) atoms. The van der Waals surface area contributed by atoms with Crippen molar-refractivity contribution in [1.82, 2.24) is 9.88 Å². The van der Waals surface area contributed by atoms with Gasteiger partial charge in [-0.3, -0.25) is 9.78 Å². The summed E-state index contributed by atoms with van der Waals surface area (Å²) in [4.78, 5) is 30.5. The van der Waals surface area contributed by atoms with E-state index in [0.717, 1.165) is 11.1 Å². The summed E-state index contributed by atoms with van der Waals surface area (Å²) < 4.78 is 5.47. The third kappa shape index (κ3) is 7.02. The minimum atomic E-state index is -0.551. The van der Waals surface area contributed by atoms with Crippen molar-refractivity contribution in [2.75, 3.05) is 11.9 Å². The van der Waals surface area contributed by atoms with Crippen molar-refractivity contribution in [3.63, 3.8) is 0 Å². The standard InChI is InChI=1S/C22H29N3O3/c1-5-25(21(27)28-22(2,3)4)16-18-10-6-7-11-19(18)24-20(26)13-12-17-9-8-14-23-15-17/h6-11,14-15H,5,12-13,16H2,1-4H3,(H,24,26). The van der Waals surface area contributed by atoms with Crippen molar-refractivity contribution in [2.24, 2.45) is 0 Å². The molecule has 6 nitrogen and oxygen atoms in total. The molecule has 0 atom stereocenters. The molecule has 0 aliphatic heterocycles. The van der Waals surface area contributed by atoms with Gasteiger partial charge in [0.2, 0.25) is 5.91 Å². The van der Waals surface area contributed by atoms with Crippen LogP contribution in [0.4, 0.5) is 10.5 Å². The van der Waals surface area contributed by atoms with Crippen molar-refractivity contribution in [1.29, 1.82) is 0 Å². The number of carbonyl (C=O) groups is 2. The molecule has 1 aromatic heterocycles. The van der Waals surface area contributed by atoms with E-state index in [1.807, 2.05) is 64.1 Å². The Balaban J connectivity index is 2.01. The number of aromatic nitrogens is 1. The lowest BCUT2D eigenvalue weighted by Gasteiger charge is -2.27. The van der Waals surface area contributed by atoms with Gasteiger partial charge in [0.25, 0.3) is 0 Å². The number of hydrogen-bond acceptors (Lipinski definition) is 4. The maximum Gasteiger partial charge on any atom is 0.410 e. The van der Waals surface area contributed by atoms with E-state index in [1.54, 1.807) is 17.3 Å². The van der Waals surface area contributed by atoms with Crippen LogP contribution in [0.25, 0.3) is 0 Å². The monoisotopic (exact) mass is 383 g/mol. The van der Waals surface area contributed by atoms with E-state index in [2.05, 4.69) is 10.3 Å². The highest BCUT2D eigenvalue weighted by molar-refractivity contribution is 5.91. The van der Waals surface area contributed by atoms with Gasteiger partial charge in [0.1, 0.15) is 5.60 Å². The molecule has 2 aromatic rings. The summed E-state index contributed by atoms with van der Waals surface area (Å²) in [7, 11) is 0. The summed E-state index contributed by atoms with van der Waals surface area (Å²) >= 11 is 0. The van der Waals surface area contributed by atoms with Crippen molar-refractivity contribution in [3.8, 4) is 0 Å². The van der Waals surface area contributed by atoms with Crippen LogP contribution in [0.5, 0.6) is 0 Å². The minimum Gasteiger partial charge on any atom is -0.444 e. The maximum absolute atomic E-state index is 12.4. The molecule has 1 N–H and O–H groups in total. The zero-order valence-corrected chi connectivity index (χ0v) is 17.1. The predicted octanol–water partition coefficient (Wildman–Crippen LogP) is 4.41. The molecular formula is C22H29N3O3. The lowest BCUT2D eigenvalue weighted by atomic mass is 10.1. The SMILES string of the molecule is CCN(Cc1ccccc1NC(=O)CCc1cccnc1)C(=O)OC(C)(C)C. The fourth-order valence-electron chi connectivity index (χ4n) is 2.63. The summed E-state index contributed by atoms with van der Waals surface area (Å²) in [6, 6.07) is 11.3. The second kappa shape index (κ2) is 9.88. The van der Waals surface area contributed by atoms with Crippen LogP contribution in [0.15, 0.2) is 48.8 Å². The number of aryl methyl sites for hydroxylation is 1. The van der Waals surface area contributed by atoms with Crippen LogP contribution >= 0.6 is 0 Å². The number of hydrogen-bond donors (Lipinski definition) is 1. The van der Waals surface area contributed by atoms with Gasteiger partial charge in [-0.05, 0) is 57.4 Å². The molecule has 2 amide bonds. The van der Waals surface area contributed by atoms with E-state index in [9.17, 15) is 9.59 Å². The smallest absolute Gasteiger partial charge is 0.410 e. The Bertz CT molecular complexity index is 785. The predicted molar refractivity (Wildman–Crippen MR) is 110 cm³/mol. The molecule has 0 spiro atoms. The summed E-state index contributed by atoms with van der Waals surface area (Å²) in [5, 5.41) is 2.96. The van der Waals surface area contributed by atoms with Crippen molar-refractivity contribution in [3.05, 3.63) is 59.9 Å². The van der Waals surface area contributed by atoms with Crippen molar-refractivity contribution >= 4 is 17.7 Å². The number of benzene rings is 1. The Labute approximate surface area is 166 Å². The van der Waals surface area contributed by atoms with Gasteiger partial charge in [-0.1, -0.05) is 24.3 Å². The van der Waals surface area contributed by atoms with Crippen LogP contribution in [0.2, 0.25) is 0 Å². The third-order valence-corrected chi connectivity index (χ3v) is 4.05. The third-order valence-electron chi connectivity index (χ3n) is 4.05. The fourth-order valence-corrected chi connectivity index (χ4v) is 2.63. The number of anilines is 1. The Hall–Kier alpha value is -2.89. The van der Waals surface area contributed by atoms with Crippen LogP contribution in [-0.2, 0) is 22.5 Å². The molecule has 0 unspecified atom stereocenters. The quantitative estimate of drug-likeness (QED) is 0.769. The van der Waals surface area contributed by atoms with Crippen LogP contribution in [0.3, 0.4) is 0 Å². The van der Waals surface area contributed by atoms with Gasteiger partial charge in [0, 0.05) is 31.0 Å². The molecule has 0 aliphatic carbocycles. The number of rotatable bonds is 7. The average molecular weight is 383 g/mol. The molecule has 0 aliphatic rings. The van der Waals surface area contributed by atoms with Crippen LogP contribution in [-0.4, -0.2) is 34.0 Å². The van der Waals surface area contributed by atoms with Crippen molar-refractivity contribution < 1.29 is 14.3 Å². The van der Waals surface area contributed by atoms with Gasteiger partial charge in [-0.25, -0.2) is 4.79 Å². The number of para-hydroxylation sites is 1. The number of carbonyl (C=O) groups excluding carboxylic acids is 2. The molecule has 150 valence electrons. The highest BCUT2D eigenvalue weighted by atomic mass is 16.6. The van der Waals surface area contributed by atoms with Gasteiger partial charge in [0.15, 0.2) is 0 Å². The Morgan fingerprint density at radius 3 is 2.54 bits per heavy atom. The number of amides is 2. The molecule has 2 rings (SSSR count). The molecule has 6 heteroatoms. The van der Waals surface area contributed by atoms with Gasteiger partial charge >= 0.3 is 6.09 Å². The molecule has 0 bridgehead atoms. The second-order valence-corrected chi connectivity index (χ2v) is 7.56. The summed E-state index contributed by atoms with van der Waals surface area (Å²) in [5.41, 5.74) is 2.04. The van der Waals surface area contributed by atoms with Gasteiger partial charge in [0.05, 0.1) is 6.54 Å². The lowest BCUT2D eigenvalue weighted by molar-refractivity contribution is -0.116. The number of pyridine rings is 1. The zero-order valence-electron chi connectivity index (χ0n) is 17.1. The highest BCUT2D eigenvalue weighted by Crippen LogP contribution is 2.19. The summed E-state index contributed by atoms with van der Waals surface area (Å²) in [5.74, 6) is -0.0726. The molecule has 1 aromatic carbocycles. The first-order chi connectivity index (χ1) is 13.3. The van der Waals surface area contributed by atoms with Crippen LogP contribution < -0.4 is 5.32 Å². The Kier molecular flexibility index (Phi) is 7.55. The van der Waals surface area contributed by atoms with E-state index in [0.29, 0.717) is 31.6 Å². The van der Waals surface area contributed by atoms with E-state index < -0.39 is 5.60 Å². The molecule has 0 fully saturated rings. The molecular weight excluding hydrogens is 354 g/mol. The van der Waals surface area contributed by atoms with Crippen LogP contribution in [0, 0.1) is 0 Å². The normalized spacial score (nSPS) is 11.0. The van der Waals surface area contributed by atoms with E-state index in [4.69, 9.17) is 4.74 Å². The first-order valence-corrected chi connectivity index (χ1v) is 9.53. The molecule has 1 heterocycles. The summed E-state index contributed by atoms with van der Waals surface area (Å²) in [6.45, 7) is 8.31. The van der Waals surface area contributed by atoms with E-state index >= 15 is 0 Å². The topological polar surface area (TPSA) is 71.5 Å². The maximum atomic E-state index is 12.4. The Morgan fingerprint density at radius 2 is 1.89 bits per heavy atom. The van der Waals surface area contributed by atoms with Gasteiger partial charge < -0.3 is 15.0 Å². The number of nitrogens with one attached hydrogen (secondary N) is 1.